The average molecular weight is 365 g/mol. The van der Waals surface area contributed by atoms with Crippen molar-refractivity contribution in [3.8, 4) is 0 Å². The Morgan fingerprint density at radius 3 is 2.56 bits per heavy atom. The van der Waals surface area contributed by atoms with E-state index in [-0.39, 0.29) is 12.2 Å². The summed E-state index contributed by atoms with van der Waals surface area (Å²) in [6.07, 6.45) is 0.508. The van der Waals surface area contributed by atoms with Crippen LogP contribution < -0.4 is 16.0 Å². The highest BCUT2D eigenvalue weighted by molar-refractivity contribution is 5.83. The first kappa shape index (κ1) is 17.7. The summed E-state index contributed by atoms with van der Waals surface area (Å²) in [7, 11) is 1.92. The zero-order valence-corrected chi connectivity index (χ0v) is 16.4. The van der Waals surface area contributed by atoms with Gasteiger partial charge in [0.15, 0.2) is 0 Å². The van der Waals surface area contributed by atoms with Crippen LogP contribution in [0.3, 0.4) is 0 Å². The molecule has 1 saturated heterocycles. The Labute approximate surface area is 159 Å². The average Bonchev–Trinajstić information content (AvgIpc) is 2.89. The van der Waals surface area contributed by atoms with Gasteiger partial charge in [0.05, 0.1) is 23.2 Å². The van der Waals surface area contributed by atoms with Crippen molar-refractivity contribution in [2.45, 2.75) is 33.0 Å². The van der Waals surface area contributed by atoms with Crippen molar-refractivity contribution in [3.63, 3.8) is 0 Å². The number of ether oxygens (including phenoxy) is 1. The number of anilines is 4. The smallest absolute Gasteiger partial charge is 0.200 e. The number of aromatic nitrogens is 2. The van der Waals surface area contributed by atoms with Crippen molar-refractivity contribution >= 4 is 34.0 Å². The lowest BCUT2D eigenvalue weighted by molar-refractivity contribution is -0.00521. The number of rotatable bonds is 3. The molecule has 2 aromatic carbocycles. The first-order valence-electron chi connectivity index (χ1n) is 9.41. The third-order valence-electron chi connectivity index (χ3n) is 5.19. The molecule has 0 amide bonds. The molecule has 2 heterocycles. The van der Waals surface area contributed by atoms with Crippen molar-refractivity contribution in [3.05, 3.63) is 42.0 Å². The van der Waals surface area contributed by atoms with Gasteiger partial charge in [-0.1, -0.05) is 0 Å². The molecule has 4 rings (SSSR count). The summed E-state index contributed by atoms with van der Waals surface area (Å²) >= 11 is 0. The van der Waals surface area contributed by atoms with Crippen molar-refractivity contribution < 1.29 is 4.74 Å². The van der Waals surface area contributed by atoms with Crippen LogP contribution in [-0.4, -0.2) is 34.8 Å². The van der Waals surface area contributed by atoms with Crippen molar-refractivity contribution in [1.82, 2.24) is 9.55 Å². The molecule has 27 heavy (non-hydrogen) atoms. The van der Waals surface area contributed by atoms with Crippen LogP contribution in [0.2, 0.25) is 0 Å². The molecule has 1 fully saturated rings. The van der Waals surface area contributed by atoms with E-state index in [0.29, 0.717) is 5.95 Å². The fraction of sp³-hybridized carbons (Fsp3) is 0.381. The third kappa shape index (κ3) is 3.45. The molecule has 0 saturated carbocycles. The summed E-state index contributed by atoms with van der Waals surface area (Å²) in [6.45, 7) is 8.25. The van der Waals surface area contributed by atoms with Crippen LogP contribution in [0.15, 0.2) is 36.4 Å². The Morgan fingerprint density at radius 1 is 1.11 bits per heavy atom. The molecule has 142 valence electrons. The minimum absolute atomic E-state index is 0.254. The third-order valence-corrected chi connectivity index (χ3v) is 5.19. The van der Waals surface area contributed by atoms with Gasteiger partial charge in [-0.3, -0.25) is 0 Å². The molecule has 6 nitrogen and oxygen atoms in total. The Hall–Kier alpha value is -2.73. The maximum atomic E-state index is 5.90. The highest BCUT2D eigenvalue weighted by atomic mass is 16.5. The van der Waals surface area contributed by atoms with Crippen LogP contribution in [0.25, 0.3) is 11.0 Å². The first-order valence-corrected chi connectivity index (χ1v) is 9.41. The topological polar surface area (TPSA) is 68.3 Å². The molecule has 3 aromatic rings. The normalized spacial score (nSPS) is 20.2. The molecule has 0 radical (unpaired) electrons. The second kappa shape index (κ2) is 6.78. The lowest BCUT2D eigenvalue weighted by Crippen LogP contribution is -2.45. The number of hydrogen-bond acceptors (Lipinski definition) is 5. The van der Waals surface area contributed by atoms with Crippen LogP contribution in [0.4, 0.5) is 23.0 Å². The van der Waals surface area contributed by atoms with E-state index in [0.717, 1.165) is 35.5 Å². The number of benzene rings is 2. The first-order chi connectivity index (χ1) is 12.9. The van der Waals surface area contributed by atoms with Crippen molar-refractivity contribution in [2.75, 3.05) is 29.0 Å². The number of hydrogen-bond donors (Lipinski definition) is 2. The number of fused-ring (bicyclic) bond motifs is 1. The molecule has 1 aliphatic rings. The Kier molecular flexibility index (Phi) is 4.44. The molecule has 0 spiro atoms. The maximum Gasteiger partial charge on any atom is 0.200 e. The molecule has 2 atom stereocenters. The lowest BCUT2D eigenvalue weighted by Gasteiger charge is -2.37. The number of nitrogen functional groups attached to an aromatic ring is 1. The number of nitrogens with zero attached hydrogens (tertiary/aromatic N) is 3. The van der Waals surface area contributed by atoms with E-state index in [4.69, 9.17) is 10.5 Å². The standard InChI is InChI=1S/C21H27N5O/c1-13-9-17(26-11-14(2)27-15(3)12-26)6-7-18(13)23-16-5-8-20-19(10-16)24-21(22)25(20)4/h5-10,14-15,23H,11-12H2,1-4H3,(H2,22,24). The molecule has 3 N–H and O–H groups in total. The monoisotopic (exact) mass is 365 g/mol. The van der Waals surface area contributed by atoms with Gasteiger partial charge < -0.3 is 25.3 Å². The summed E-state index contributed by atoms with van der Waals surface area (Å²) in [5.41, 5.74) is 12.4. The van der Waals surface area contributed by atoms with Crippen LogP contribution in [0.5, 0.6) is 0 Å². The van der Waals surface area contributed by atoms with Crippen molar-refractivity contribution in [2.24, 2.45) is 7.05 Å². The number of nitrogens with one attached hydrogen (secondary N) is 1. The van der Waals surface area contributed by atoms with Gasteiger partial charge in [-0.15, -0.1) is 0 Å². The zero-order valence-electron chi connectivity index (χ0n) is 16.4. The van der Waals surface area contributed by atoms with E-state index in [9.17, 15) is 0 Å². The molecular formula is C21H27N5O. The highest BCUT2D eigenvalue weighted by Crippen LogP contribution is 2.29. The van der Waals surface area contributed by atoms with E-state index in [1.165, 1.54) is 11.3 Å². The van der Waals surface area contributed by atoms with Gasteiger partial charge >= 0.3 is 0 Å². The summed E-state index contributed by atoms with van der Waals surface area (Å²) in [6, 6.07) is 12.7. The second-order valence-electron chi connectivity index (χ2n) is 7.52. The second-order valence-corrected chi connectivity index (χ2v) is 7.52. The van der Waals surface area contributed by atoms with Crippen LogP contribution in [-0.2, 0) is 11.8 Å². The molecule has 1 aromatic heterocycles. The van der Waals surface area contributed by atoms with Gasteiger partial charge in [0.25, 0.3) is 0 Å². The summed E-state index contributed by atoms with van der Waals surface area (Å²) in [5.74, 6) is 0.525. The molecule has 0 aliphatic carbocycles. The molecule has 0 bridgehead atoms. The fourth-order valence-corrected chi connectivity index (χ4v) is 3.83. The van der Waals surface area contributed by atoms with Gasteiger partial charge in [0.2, 0.25) is 5.95 Å². The predicted octanol–water partition coefficient (Wildman–Crippen LogP) is 3.82. The number of nitrogens with two attached hydrogens (primary N) is 1. The van der Waals surface area contributed by atoms with E-state index < -0.39 is 0 Å². The van der Waals surface area contributed by atoms with Gasteiger partial charge in [-0.25, -0.2) is 4.98 Å². The Morgan fingerprint density at radius 2 is 1.85 bits per heavy atom. The molecule has 6 heteroatoms. The summed E-state index contributed by atoms with van der Waals surface area (Å²) in [5, 5.41) is 3.51. The van der Waals surface area contributed by atoms with Crippen LogP contribution in [0, 0.1) is 6.92 Å². The van der Waals surface area contributed by atoms with E-state index in [1.54, 1.807) is 0 Å². The summed E-state index contributed by atoms with van der Waals surface area (Å²) < 4.78 is 7.74. The summed E-state index contributed by atoms with van der Waals surface area (Å²) in [4.78, 5) is 6.81. The minimum atomic E-state index is 0.254. The van der Waals surface area contributed by atoms with E-state index in [1.807, 2.05) is 23.7 Å². The number of morpholine rings is 1. The Bertz CT molecular complexity index is 970. The molecule has 2 unspecified atom stereocenters. The minimum Gasteiger partial charge on any atom is -0.372 e. The van der Waals surface area contributed by atoms with Gasteiger partial charge in [0.1, 0.15) is 0 Å². The number of imidazole rings is 1. The van der Waals surface area contributed by atoms with E-state index in [2.05, 4.69) is 60.2 Å². The maximum absolute atomic E-state index is 5.90. The Balaban J connectivity index is 1.56. The van der Waals surface area contributed by atoms with Crippen LogP contribution >= 0.6 is 0 Å². The fourth-order valence-electron chi connectivity index (χ4n) is 3.83. The largest absolute Gasteiger partial charge is 0.372 e. The highest BCUT2D eigenvalue weighted by Gasteiger charge is 2.22. The SMILES string of the molecule is Cc1cc(N2CC(C)OC(C)C2)ccc1Nc1ccc2c(c1)nc(N)n2C. The van der Waals surface area contributed by atoms with Crippen molar-refractivity contribution in [1.29, 1.82) is 0 Å². The lowest BCUT2D eigenvalue weighted by atomic mass is 10.1. The van der Waals surface area contributed by atoms with Gasteiger partial charge in [-0.05, 0) is 62.7 Å². The number of aryl methyl sites for hydroxylation is 2. The predicted molar refractivity (Wildman–Crippen MR) is 112 cm³/mol. The van der Waals surface area contributed by atoms with Gasteiger partial charge in [-0.2, -0.15) is 0 Å². The quantitative estimate of drug-likeness (QED) is 0.738. The molecular weight excluding hydrogens is 338 g/mol. The van der Waals surface area contributed by atoms with Gasteiger partial charge in [0, 0.05) is 37.2 Å². The van der Waals surface area contributed by atoms with E-state index >= 15 is 0 Å². The molecule has 1 aliphatic heterocycles. The van der Waals surface area contributed by atoms with Crippen LogP contribution in [0.1, 0.15) is 19.4 Å². The zero-order chi connectivity index (χ0) is 19.1.